The van der Waals surface area contributed by atoms with Crippen LogP contribution < -0.4 is 5.32 Å². The molecule has 3 rings (SSSR count). The van der Waals surface area contributed by atoms with Gasteiger partial charge in [0.1, 0.15) is 0 Å². The molecular weight excluding hydrogens is 322 g/mol. The molecule has 0 aliphatic rings. The average Bonchev–Trinajstić information content (AvgIpc) is 2.52. The summed E-state index contributed by atoms with van der Waals surface area (Å²) in [7, 11) is 2.02. The van der Waals surface area contributed by atoms with Crippen molar-refractivity contribution in [2.75, 3.05) is 7.05 Å². The van der Waals surface area contributed by atoms with Gasteiger partial charge < -0.3 is 5.32 Å². The minimum atomic E-state index is 0.172. The van der Waals surface area contributed by atoms with Crippen LogP contribution in [0.2, 0.25) is 0 Å². The highest BCUT2D eigenvalue weighted by atomic mass is 79.9. The first-order valence-corrected chi connectivity index (χ1v) is 7.91. The van der Waals surface area contributed by atoms with Gasteiger partial charge in [0.05, 0.1) is 6.04 Å². The predicted octanol–water partition coefficient (Wildman–Crippen LogP) is 5.22. The molecule has 0 heterocycles. The molecule has 3 aromatic carbocycles. The third kappa shape index (κ3) is 2.61. The minimum Gasteiger partial charge on any atom is -0.309 e. The van der Waals surface area contributed by atoms with Crippen LogP contribution in [-0.2, 0) is 0 Å². The van der Waals surface area contributed by atoms with E-state index in [1.807, 2.05) is 7.05 Å². The number of rotatable bonds is 3. The normalized spacial score (nSPS) is 12.5. The van der Waals surface area contributed by atoms with Crippen LogP contribution >= 0.6 is 15.9 Å². The number of hydrogen-bond acceptors (Lipinski definition) is 1. The second kappa shape index (κ2) is 6.00. The maximum atomic E-state index is 3.74. The Hall–Kier alpha value is -1.64. The fourth-order valence-electron chi connectivity index (χ4n) is 2.87. The second-order valence-corrected chi connectivity index (χ2v) is 6.06. The van der Waals surface area contributed by atoms with Crippen molar-refractivity contribution in [3.8, 4) is 0 Å². The summed E-state index contributed by atoms with van der Waals surface area (Å²) in [5, 5.41) is 6.04. The highest BCUT2D eigenvalue weighted by Gasteiger charge is 2.17. The molecule has 3 aromatic rings. The van der Waals surface area contributed by atoms with Crippen molar-refractivity contribution < 1.29 is 0 Å². The van der Waals surface area contributed by atoms with Gasteiger partial charge in [0.2, 0.25) is 0 Å². The van der Waals surface area contributed by atoms with Gasteiger partial charge in [0.25, 0.3) is 0 Å². The summed E-state index contributed by atoms with van der Waals surface area (Å²) in [5.41, 5.74) is 3.84. The van der Waals surface area contributed by atoms with Crippen molar-refractivity contribution in [1.29, 1.82) is 0 Å². The Morgan fingerprint density at radius 3 is 2.33 bits per heavy atom. The number of halogens is 1. The number of benzene rings is 3. The molecule has 0 fully saturated rings. The summed E-state index contributed by atoms with van der Waals surface area (Å²) in [6.07, 6.45) is 0. The van der Waals surface area contributed by atoms with Crippen LogP contribution in [0.4, 0.5) is 0 Å². The van der Waals surface area contributed by atoms with Crippen molar-refractivity contribution in [3.05, 3.63) is 81.8 Å². The minimum absolute atomic E-state index is 0.172. The lowest BCUT2D eigenvalue weighted by atomic mass is 9.93. The van der Waals surface area contributed by atoms with Gasteiger partial charge >= 0.3 is 0 Å². The Labute approximate surface area is 134 Å². The average molecular weight is 340 g/mol. The third-order valence-electron chi connectivity index (χ3n) is 3.96. The zero-order valence-electron chi connectivity index (χ0n) is 12.2. The highest BCUT2D eigenvalue weighted by Crippen LogP contribution is 2.33. The fraction of sp³-hybridized carbons (Fsp3) is 0.158. The molecule has 21 heavy (non-hydrogen) atoms. The van der Waals surface area contributed by atoms with Crippen LogP contribution in [0.5, 0.6) is 0 Å². The third-order valence-corrected chi connectivity index (χ3v) is 5.04. The van der Waals surface area contributed by atoms with Gasteiger partial charge in [-0.05, 0) is 41.4 Å². The lowest BCUT2D eigenvalue weighted by Crippen LogP contribution is -2.18. The number of hydrogen-bond donors (Lipinski definition) is 1. The molecule has 0 bridgehead atoms. The Balaban J connectivity index is 2.21. The van der Waals surface area contributed by atoms with Crippen molar-refractivity contribution in [3.63, 3.8) is 0 Å². The predicted molar refractivity (Wildman–Crippen MR) is 93.7 cm³/mol. The van der Waals surface area contributed by atoms with Gasteiger partial charge in [0, 0.05) is 4.47 Å². The second-order valence-electron chi connectivity index (χ2n) is 5.27. The first-order chi connectivity index (χ1) is 10.2. The molecule has 2 heteroatoms. The molecule has 1 atom stereocenters. The first-order valence-electron chi connectivity index (χ1n) is 7.12. The van der Waals surface area contributed by atoms with Gasteiger partial charge in [-0.25, -0.2) is 0 Å². The Bertz CT molecular complexity index is 774. The van der Waals surface area contributed by atoms with Crippen LogP contribution in [0.15, 0.2) is 65.1 Å². The molecule has 0 aliphatic heterocycles. The fourth-order valence-corrected chi connectivity index (χ4v) is 3.37. The number of nitrogens with one attached hydrogen (secondary N) is 1. The topological polar surface area (TPSA) is 12.0 Å². The van der Waals surface area contributed by atoms with E-state index in [4.69, 9.17) is 0 Å². The molecule has 0 radical (unpaired) electrons. The van der Waals surface area contributed by atoms with E-state index < -0.39 is 0 Å². The van der Waals surface area contributed by atoms with E-state index in [0.717, 1.165) is 0 Å². The number of aryl methyl sites for hydroxylation is 1. The van der Waals surface area contributed by atoms with E-state index in [1.54, 1.807) is 0 Å². The lowest BCUT2D eigenvalue weighted by Gasteiger charge is -2.21. The van der Waals surface area contributed by atoms with Crippen molar-refractivity contribution in [1.82, 2.24) is 5.32 Å². The summed E-state index contributed by atoms with van der Waals surface area (Å²) in [6, 6.07) is 21.6. The Morgan fingerprint density at radius 1 is 0.857 bits per heavy atom. The van der Waals surface area contributed by atoms with Gasteiger partial charge in [-0.2, -0.15) is 0 Å². The molecule has 0 saturated heterocycles. The van der Waals surface area contributed by atoms with E-state index in [2.05, 4.69) is 88.8 Å². The zero-order valence-corrected chi connectivity index (χ0v) is 13.8. The smallest absolute Gasteiger partial charge is 0.0591 e. The molecule has 0 amide bonds. The maximum absolute atomic E-state index is 3.74. The molecule has 1 nitrogen and oxygen atoms in total. The Kier molecular flexibility index (Phi) is 4.09. The van der Waals surface area contributed by atoms with Gasteiger partial charge in [-0.1, -0.05) is 76.6 Å². The molecule has 106 valence electrons. The maximum Gasteiger partial charge on any atom is 0.0591 e. The van der Waals surface area contributed by atoms with Crippen LogP contribution in [-0.4, -0.2) is 7.05 Å². The van der Waals surface area contributed by atoms with Gasteiger partial charge in [-0.15, -0.1) is 0 Å². The molecule has 0 spiro atoms. The van der Waals surface area contributed by atoms with Crippen molar-refractivity contribution in [2.24, 2.45) is 0 Å². The number of fused-ring (bicyclic) bond motifs is 1. The van der Waals surface area contributed by atoms with E-state index in [-0.39, 0.29) is 6.04 Å². The Morgan fingerprint density at radius 2 is 1.52 bits per heavy atom. The first kappa shape index (κ1) is 14.3. The summed E-state index contributed by atoms with van der Waals surface area (Å²) >= 11 is 3.74. The van der Waals surface area contributed by atoms with Crippen molar-refractivity contribution in [2.45, 2.75) is 13.0 Å². The van der Waals surface area contributed by atoms with E-state index in [9.17, 15) is 0 Å². The molecule has 1 N–H and O–H groups in total. The highest BCUT2D eigenvalue weighted by molar-refractivity contribution is 9.10. The SMILES string of the molecule is CNC(c1cccc(C)c1Br)c1cccc2ccccc12. The van der Waals surface area contributed by atoms with E-state index >= 15 is 0 Å². The zero-order chi connectivity index (χ0) is 14.8. The van der Waals surface area contributed by atoms with Crippen LogP contribution in [0.25, 0.3) is 10.8 Å². The molecular formula is C19H18BrN. The largest absolute Gasteiger partial charge is 0.309 e. The van der Waals surface area contributed by atoms with Crippen LogP contribution in [0, 0.1) is 6.92 Å². The molecule has 1 unspecified atom stereocenters. The molecule has 0 aromatic heterocycles. The lowest BCUT2D eigenvalue weighted by molar-refractivity contribution is 0.693. The standard InChI is InChI=1S/C19H18BrN/c1-13-7-5-12-17(18(13)20)19(21-2)16-11-6-9-14-8-3-4-10-15(14)16/h3-12,19,21H,1-2H3. The van der Waals surface area contributed by atoms with E-state index in [1.165, 1.54) is 31.9 Å². The van der Waals surface area contributed by atoms with Gasteiger partial charge in [-0.3, -0.25) is 0 Å². The summed E-state index contributed by atoms with van der Waals surface area (Å²) < 4.78 is 1.18. The molecule has 0 aliphatic carbocycles. The van der Waals surface area contributed by atoms with Gasteiger partial charge in [0.15, 0.2) is 0 Å². The van der Waals surface area contributed by atoms with Crippen LogP contribution in [0.1, 0.15) is 22.7 Å². The quantitative estimate of drug-likeness (QED) is 0.689. The summed E-state index contributed by atoms with van der Waals surface area (Å²) in [5.74, 6) is 0. The summed E-state index contributed by atoms with van der Waals surface area (Å²) in [4.78, 5) is 0. The van der Waals surface area contributed by atoms with Crippen molar-refractivity contribution >= 4 is 26.7 Å². The molecule has 0 saturated carbocycles. The monoisotopic (exact) mass is 339 g/mol. The van der Waals surface area contributed by atoms with Crippen LogP contribution in [0.3, 0.4) is 0 Å². The van der Waals surface area contributed by atoms with E-state index in [0.29, 0.717) is 0 Å². The summed E-state index contributed by atoms with van der Waals surface area (Å²) in [6.45, 7) is 2.13.